The molecule has 4 nitrogen and oxygen atoms in total. The third-order valence-electron chi connectivity index (χ3n) is 2.50. The molecule has 4 heteroatoms. The van der Waals surface area contributed by atoms with Gasteiger partial charge in [-0.2, -0.15) is 0 Å². The summed E-state index contributed by atoms with van der Waals surface area (Å²) in [6.45, 7) is 6.55. The summed E-state index contributed by atoms with van der Waals surface area (Å²) < 4.78 is 10.6. The molecule has 18 heavy (non-hydrogen) atoms. The van der Waals surface area contributed by atoms with Crippen molar-refractivity contribution >= 4 is 0 Å². The molecule has 0 aliphatic rings. The predicted molar refractivity (Wildman–Crippen MR) is 72.8 cm³/mol. The molecule has 102 valence electrons. The van der Waals surface area contributed by atoms with Crippen LogP contribution < -0.4 is 10.1 Å². The number of unbranched alkanes of at least 4 members (excludes halogenated alkanes) is 1. The molecule has 1 heterocycles. The second-order valence-corrected chi connectivity index (χ2v) is 4.57. The van der Waals surface area contributed by atoms with Crippen LogP contribution in [0.3, 0.4) is 0 Å². The zero-order valence-electron chi connectivity index (χ0n) is 11.6. The molecule has 1 N–H and O–H groups in total. The van der Waals surface area contributed by atoms with Gasteiger partial charge in [0.05, 0.1) is 18.5 Å². The van der Waals surface area contributed by atoms with E-state index in [0.717, 1.165) is 37.4 Å². The standard InChI is InChI=1S/C14H24N2O2/c1-12(2)15-10-13-6-7-14(11-16-13)18-9-5-4-8-17-3/h6-7,11-12,15H,4-5,8-10H2,1-3H3. The van der Waals surface area contributed by atoms with Crippen molar-refractivity contribution in [1.29, 1.82) is 0 Å². The molecule has 0 bridgehead atoms. The van der Waals surface area contributed by atoms with Crippen LogP contribution in [0.1, 0.15) is 32.4 Å². The number of rotatable bonds is 9. The maximum Gasteiger partial charge on any atom is 0.137 e. The summed E-state index contributed by atoms with van der Waals surface area (Å²) in [5.74, 6) is 0.834. The zero-order chi connectivity index (χ0) is 13.2. The van der Waals surface area contributed by atoms with Crippen molar-refractivity contribution in [3.8, 4) is 5.75 Å². The van der Waals surface area contributed by atoms with Crippen LogP contribution in [-0.2, 0) is 11.3 Å². The molecule has 0 unspecified atom stereocenters. The minimum Gasteiger partial charge on any atom is -0.492 e. The highest BCUT2D eigenvalue weighted by Crippen LogP contribution is 2.09. The highest BCUT2D eigenvalue weighted by Gasteiger charge is 1.98. The topological polar surface area (TPSA) is 43.4 Å². The fourth-order valence-electron chi connectivity index (χ4n) is 1.45. The highest BCUT2D eigenvalue weighted by atomic mass is 16.5. The zero-order valence-corrected chi connectivity index (χ0v) is 11.6. The minimum absolute atomic E-state index is 0.475. The van der Waals surface area contributed by atoms with Gasteiger partial charge in [-0.1, -0.05) is 13.8 Å². The maximum absolute atomic E-state index is 5.59. The van der Waals surface area contributed by atoms with E-state index in [9.17, 15) is 0 Å². The Kier molecular flexibility index (Phi) is 7.37. The number of ether oxygens (including phenoxy) is 2. The van der Waals surface area contributed by atoms with E-state index < -0.39 is 0 Å². The van der Waals surface area contributed by atoms with Gasteiger partial charge in [0, 0.05) is 26.3 Å². The second kappa shape index (κ2) is 8.89. The maximum atomic E-state index is 5.59. The summed E-state index contributed by atoms with van der Waals surface area (Å²) in [6, 6.07) is 4.45. The smallest absolute Gasteiger partial charge is 0.137 e. The number of hydrogen-bond donors (Lipinski definition) is 1. The first-order chi connectivity index (χ1) is 8.72. The van der Waals surface area contributed by atoms with Crippen LogP contribution in [0.25, 0.3) is 0 Å². The van der Waals surface area contributed by atoms with Gasteiger partial charge in [-0.25, -0.2) is 0 Å². The van der Waals surface area contributed by atoms with E-state index in [1.54, 1.807) is 13.3 Å². The fourth-order valence-corrected chi connectivity index (χ4v) is 1.45. The minimum atomic E-state index is 0.475. The van der Waals surface area contributed by atoms with Gasteiger partial charge in [-0.3, -0.25) is 4.98 Å². The normalized spacial score (nSPS) is 10.9. The molecule has 0 radical (unpaired) electrons. The quantitative estimate of drug-likeness (QED) is 0.685. The lowest BCUT2D eigenvalue weighted by Gasteiger charge is -2.09. The molecular formula is C14H24N2O2. The third kappa shape index (κ3) is 6.57. The Morgan fingerprint density at radius 3 is 2.61 bits per heavy atom. The van der Waals surface area contributed by atoms with E-state index in [-0.39, 0.29) is 0 Å². The van der Waals surface area contributed by atoms with Gasteiger partial charge in [-0.05, 0) is 25.0 Å². The van der Waals surface area contributed by atoms with E-state index in [1.165, 1.54) is 0 Å². The Morgan fingerprint density at radius 1 is 1.22 bits per heavy atom. The third-order valence-corrected chi connectivity index (χ3v) is 2.50. The molecule has 0 aromatic carbocycles. The number of nitrogens with zero attached hydrogens (tertiary/aromatic N) is 1. The van der Waals surface area contributed by atoms with Crippen LogP contribution in [0, 0.1) is 0 Å². The predicted octanol–water partition coefficient (Wildman–Crippen LogP) is 2.39. The van der Waals surface area contributed by atoms with Crippen LogP contribution >= 0.6 is 0 Å². The Labute approximate surface area is 110 Å². The molecule has 0 fully saturated rings. The largest absolute Gasteiger partial charge is 0.492 e. The average Bonchev–Trinajstić information content (AvgIpc) is 2.37. The SMILES string of the molecule is COCCCCOc1ccc(CNC(C)C)nc1. The van der Waals surface area contributed by atoms with Crippen LogP contribution in [0.5, 0.6) is 5.75 Å². The van der Waals surface area contributed by atoms with Crippen molar-refractivity contribution < 1.29 is 9.47 Å². The van der Waals surface area contributed by atoms with Crippen molar-refractivity contribution in [3.05, 3.63) is 24.0 Å². The van der Waals surface area contributed by atoms with Crippen molar-refractivity contribution in [1.82, 2.24) is 10.3 Å². The van der Waals surface area contributed by atoms with Crippen LogP contribution in [0.4, 0.5) is 0 Å². The molecule has 0 spiro atoms. The summed E-state index contributed by atoms with van der Waals surface area (Å²) in [5, 5.41) is 3.33. The summed E-state index contributed by atoms with van der Waals surface area (Å²) >= 11 is 0. The van der Waals surface area contributed by atoms with Crippen molar-refractivity contribution in [2.45, 2.75) is 39.3 Å². The van der Waals surface area contributed by atoms with E-state index in [4.69, 9.17) is 9.47 Å². The molecule has 0 aliphatic carbocycles. The van der Waals surface area contributed by atoms with E-state index in [1.807, 2.05) is 12.1 Å². The van der Waals surface area contributed by atoms with Gasteiger partial charge >= 0.3 is 0 Å². The van der Waals surface area contributed by atoms with Gasteiger partial charge in [0.15, 0.2) is 0 Å². The number of aromatic nitrogens is 1. The molecular weight excluding hydrogens is 228 g/mol. The number of hydrogen-bond acceptors (Lipinski definition) is 4. The Hall–Kier alpha value is -1.13. The van der Waals surface area contributed by atoms with E-state index in [2.05, 4.69) is 24.1 Å². The number of pyridine rings is 1. The lowest BCUT2D eigenvalue weighted by Crippen LogP contribution is -2.22. The molecule has 0 atom stereocenters. The van der Waals surface area contributed by atoms with Crippen LogP contribution in [0.2, 0.25) is 0 Å². The Morgan fingerprint density at radius 2 is 2.00 bits per heavy atom. The highest BCUT2D eigenvalue weighted by molar-refractivity contribution is 5.19. The molecule has 1 aromatic rings. The van der Waals surface area contributed by atoms with Gasteiger partial charge in [0.25, 0.3) is 0 Å². The van der Waals surface area contributed by atoms with Gasteiger partial charge in [0.2, 0.25) is 0 Å². The Balaban J connectivity index is 2.23. The first-order valence-corrected chi connectivity index (χ1v) is 6.52. The summed E-state index contributed by atoms with van der Waals surface area (Å²) in [5.41, 5.74) is 1.04. The molecule has 0 saturated carbocycles. The fraction of sp³-hybridized carbons (Fsp3) is 0.643. The lowest BCUT2D eigenvalue weighted by molar-refractivity contribution is 0.184. The lowest BCUT2D eigenvalue weighted by atomic mass is 10.3. The van der Waals surface area contributed by atoms with Crippen molar-refractivity contribution in [3.63, 3.8) is 0 Å². The molecule has 1 aromatic heterocycles. The van der Waals surface area contributed by atoms with Crippen molar-refractivity contribution in [2.75, 3.05) is 20.3 Å². The molecule has 1 rings (SSSR count). The number of methoxy groups -OCH3 is 1. The van der Waals surface area contributed by atoms with Gasteiger partial charge in [0.1, 0.15) is 5.75 Å². The van der Waals surface area contributed by atoms with Gasteiger partial charge < -0.3 is 14.8 Å². The van der Waals surface area contributed by atoms with Gasteiger partial charge in [-0.15, -0.1) is 0 Å². The van der Waals surface area contributed by atoms with E-state index >= 15 is 0 Å². The molecule has 0 aliphatic heterocycles. The molecule has 0 saturated heterocycles. The monoisotopic (exact) mass is 252 g/mol. The average molecular weight is 252 g/mol. The number of nitrogens with one attached hydrogen (secondary N) is 1. The second-order valence-electron chi connectivity index (χ2n) is 4.57. The van der Waals surface area contributed by atoms with E-state index in [0.29, 0.717) is 12.6 Å². The van der Waals surface area contributed by atoms with Crippen molar-refractivity contribution in [2.24, 2.45) is 0 Å². The first-order valence-electron chi connectivity index (χ1n) is 6.52. The molecule has 0 amide bonds. The summed E-state index contributed by atoms with van der Waals surface area (Å²) in [4.78, 5) is 4.35. The Bertz CT molecular complexity index is 312. The van der Waals surface area contributed by atoms with Crippen LogP contribution in [-0.4, -0.2) is 31.3 Å². The summed E-state index contributed by atoms with van der Waals surface area (Å²) in [6.07, 6.45) is 3.82. The first kappa shape index (κ1) is 14.9. The summed E-state index contributed by atoms with van der Waals surface area (Å²) in [7, 11) is 1.72. The van der Waals surface area contributed by atoms with Crippen LogP contribution in [0.15, 0.2) is 18.3 Å².